The first-order chi connectivity index (χ1) is 11.6. The fourth-order valence-electron chi connectivity index (χ4n) is 2.66. The predicted octanol–water partition coefficient (Wildman–Crippen LogP) is 3.32. The van der Waals surface area contributed by atoms with Crippen molar-refractivity contribution in [3.8, 4) is 5.75 Å². The number of nitrogens with zero attached hydrogens (tertiary/aromatic N) is 2. The Bertz CT molecular complexity index is 671. The van der Waals surface area contributed by atoms with Gasteiger partial charge in [0.15, 0.2) is 0 Å². The third kappa shape index (κ3) is 3.86. The molecule has 2 aromatic rings. The van der Waals surface area contributed by atoms with Crippen molar-refractivity contribution < 1.29 is 14.3 Å². The zero-order valence-corrected chi connectivity index (χ0v) is 14.0. The standard InChI is InChI=1S/C19H22N2O3/c1-20(2)16-10-8-15(9-11-16)18-14-21(12-13-23-18)19(22)24-17-6-4-3-5-7-17/h3-11,18H,12-14H2,1-2H3. The van der Waals surface area contributed by atoms with Gasteiger partial charge in [-0.1, -0.05) is 30.3 Å². The minimum atomic E-state index is -0.334. The Morgan fingerprint density at radius 3 is 2.50 bits per heavy atom. The van der Waals surface area contributed by atoms with Crippen molar-refractivity contribution in [3.05, 3.63) is 60.2 Å². The Hall–Kier alpha value is -2.53. The number of morpholine rings is 1. The number of amides is 1. The molecule has 24 heavy (non-hydrogen) atoms. The number of rotatable bonds is 3. The average Bonchev–Trinajstić information content (AvgIpc) is 2.63. The van der Waals surface area contributed by atoms with E-state index in [0.29, 0.717) is 25.4 Å². The van der Waals surface area contributed by atoms with Crippen molar-refractivity contribution >= 4 is 11.8 Å². The highest BCUT2D eigenvalue weighted by Crippen LogP contribution is 2.25. The van der Waals surface area contributed by atoms with Crippen LogP contribution in [0.25, 0.3) is 0 Å². The number of hydrogen-bond acceptors (Lipinski definition) is 4. The van der Waals surface area contributed by atoms with Crippen LogP contribution in [0.3, 0.4) is 0 Å². The summed E-state index contributed by atoms with van der Waals surface area (Å²) in [4.78, 5) is 16.1. The summed E-state index contributed by atoms with van der Waals surface area (Å²) < 4.78 is 11.2. The average molecular weight is 326 g/mol. The van der Waals surface area contributed by atoms with Crippen molar-refractivity contribution in [2.45, 2.75) is 6.10 Å². The molecule has 126 valence electrons. The first kappa shape index (κ1) is 16.3. The minimum absolute atomic E-state index is 0.127. The van der Waals surface area contributed by atoms with Gasteiger partial charge in [0.1, 0.15) is 11.9 Å². The molecule has 5 heteroatoms. The lowest BCUT2D eigenvalue weighted by Gasteiger charge is -2.32. The van der Waals surface area contributed by atoms with E-state index >= 15 is 0 Å². The molecule has 0 spiro atoms. The van der Waals surface area contributed by atoms with Crippen molar-refractivity contribution in [1.82, 2.24) is 4.90 Å². The molecule has 3 rings (SSSR count). The molecule has 1 fully saturated rings. The highest BCUT2D eigenvalue weighted by molar-refractivity contribution is 5.70. The maximum absolute atomic E-state index is 12.3. The third-order valence-electron chi connectivity index (χ3n) is 4.05. The highest BCUT2D eigenvalue weighted by atomic mass is 16.6. The second kappa shape index (κ2) is 7.36. The summed E-state index contributed by atoms with van der Waals surface area (Å²) in [5.41, 5.74) is 2.20. The molecule has 1 heterocycles. The Kier molecular flexibility index (Phi) is 5.01. The largest absolute Gasteiger partial charge is 0.415 e. The van der Waals surface area contributed by atoms with Crippen molar-refractivity contribution in [2.24, 2.45) is 0 Å². The van der Waals surface area contributed by atoms with Gasteiger partial charge in [0.05, 0.1) is 13.2 Å². The van der Waals surface area contributed by atoms with Gasteiger partial charge in [-0.15, -0.1) is 0 Å². The summed E-state index contributed by atoms with van der Waals surface area (Å²) in [5, 5.41) is 0. The minimum Gasteiger partial charge on any atom is -0.410 e. The van der Waals surface area contributed by atoms with Crippen LogP contribution in [0.2, 0.25) is 0 Å². The first-order valence-corrected chi connectivity index (χ1v) is 8.04. The predicted molar refractivity (Wildman–Crippen MR) is 93.5 cm³/mol. The van der Waals surface area contributed by atoms with Crippen molar-refractivity contribution in [3.63, 3.8) is 0 Å². The van der Waals surface area contributed by atoms with Crippen LogP contribution in [0.5, 0.6) is 5.75 Å². The summed E-state index contributed by atoms with van der Waals surface area (Å²) in [6.45, 7) is 1.54. The summed E-state index contributed by atoms with van der Waals surface area (Å²) in [6.07, 6.45) is -0.460. The molecule has 5 nitrogen and oxygen atoms in total. The highest BCUT2D eigenvalue weighted by Gasteiger charge is 2.26. The number of ether oxygens (including phenoxy) is 2. The molecular formula is C19H22N2O3. The number of carbonyl (C=O) groups is 1. The van der Waals surface area contributed by atoms with Crippen LogP contribution in [0.15, 0.2) is 54.6 Å². The summed E-state index contributed by atoms with van der Waals surface area (Å²) >= 11 is 0. The molecule has 0 saturated carbocycles. The number of hydrogen-bond donors (Lipinski definition) is 0. The molecule has 1 saturated heterocycles. The third-order valence-corrected chi connectivity index (χ3v) is 4.05. The molecule has 0 radical (unpaired) electrons. The van der Waals surface area contributed by atoms with Crippen LogP contribution in [-0.2, 0) is 4.74 Å². The number of para-hydroxylation sites is 1. The Labute approximate surface area is 142 Å². The Morgan fingerprint density at radius 2 is 1.83 bits per heavy atom. The maximum Gasteiger partial charge on any atom is 0.415 e. The maximum atomic E-state index is 12.3. The molecule has 1 aliphatic rings. The first-order valence-electron chi connectivity index (χ1n) is 8.04. The quantitative estimate of drug-likeness (QED) is 0.868. The smallest absolute Gasteiger partial charge is 0.410 e. The fourth-order valence-corrected chi connectivity index (χ4v) is 2.66. The van der Waals surface area contributed by atoms with Gasteiger partial charge < -0.3 is 19.3 Å². The molecule has 2 aromatic carbocycles. The Morgan fingerprint density at radius 1 is 1.12 bits per heavy atom. The van der Waals surface area contributed by atoms with Crippen LogP contribution in [0.4, 0.5) is 10.5 Å². The van der Waals surface area contributed by atoms with Crippen LogP contribution >= 0.6 is 0 Å². The summed E-state index contributed by atoms with van der Waals surface area (Å²) in [5.74, 6) is 0.556. The van der Waals surface area contributed by atoms with Gasteiger partial charge in [-0.25, -0.2) is 4.79 Å². The lowest BCUT2D eigenvalue weighted by molar-refractivity contribution is -0.0218. The summed E-state index contributed by atoms with van der Waals surface area (Å²) in [6, 6.07) is 17.3. The second-order valence-electron chi connectivity index (χ2n) is 5.97. The van der Waals surface area contributed by atoms with Crippen LogP contribution in [-0.4, -0.2) is 44.8 Å². The van der Waals surface area contributed by atoms with Crippen LogP contribution in [0.1, 0.15) is 11.7 Å². The molecule has 1 amide bonds. The van der Waals surface area contributed by atoms with E-state index in [4.69, 9.17) is 9.47 Å². The van der Waals surface area contributed by atoms with E-state index in [2.05, 4.69) is 17.0 Å². The molecule has 0 aromatic heterocycles. The lowest BCUT2D eigenvalue weighted by Crippen LogP contribution is -2.43. The van der Waals surface area contributed by atoms with Gasteiger partial charge in [-0.2, -0.15) is 0 Å². The zero-order chi connectivity index (χ0) is 16.9. The van der Waals surface area contributed by atoms with E-state index in [1.165, 1.54) is 0 Å². The molecule has 0 bridgehead atoms. The van der Waals surface area contributed by atoms with Gasteiger partial charge >= 0.3 is 6.09 Å². The van der Waals surface area contributed by atoms with Crippen molar-refractivity contribution in [1.29, 1.82) is 0 Å². The van der Waals surface area contributed by atoms with E-state index in [9.17, 15) is 4.79 Å². The lowest BCUT2D eigenvalue weighted by atomic mass is 10.1. The molecule has 0 N–H and O–H groups in total. The monoisotopic (exact) mass is 326 g/mol. The van der Waals surface area contributed by atoms with Gasteiger partial charge in [-0.3, -0.25) is 0 Å². The van der Waals surface area contributed by atoms with Crippen molar-refractivity contribution in [2.75, 3.05) is 38.7 Å². The van der Waals surface area contributed by atoms with E-state index < -0.39 is 0 Å². The molecule has 1 atom stereocenters. The van der Waals surface area contributed by atoms with Gasteiger partial charge in [0.25, 0.3) is 0 Å². The van der Waals surface area contributed by atoms with E-state index in [1.807, 2.05) is 44.4 Å². The molecular weight excluding hydrogens is 304 g/mol. The zero-order valence-electron chi connectivity index (χ0n) is 14.0. The normalized spacial score (nSPS) is 17.4. The summed E-state index contributed by atoms with van der Waals surface area (Å²) in [7, 11) is 4.01. The number of carbonyl (C=O) groups excluding carboxylic acids is 1. The van der Waals surface area contributed by atoms with E-state index in [-0.39, 0.29) is 12.2 Å². The van der Waals surface area contributed by atoms with E-state index in [0.717, 1.165) is 11.3 Å². The number of benzene rings is 2. The van der Waals surface area contributed by atoms with Gasteiger partial charge in [0.2, 0.25) is 0 Å². The SMILES string of the molecule is CN(C)c1ccc(C2CN(C(=O)Oc3ccccc3)CCO2)cc1. The topological polar surface area (TPSA) is 42.0 Å². The fraction of sp³-hybridized carbons (Fsp3) is 0.316. The molecule has 0 aliphatic carbocycles. The Balaban J connectivity index is 1.64. The van der Waals surface area contributed by atoms with Crippen LogP contribution in [0, 0.1) is 0 Å². The molecule has 1 unspecified atom stereocenters. The van der Waals surface area contributed by atoms with E-state index in [1.54, 1.807) is 17.0 Å². The second-order valence-corrected chi connectivity index (χ2v) is 5.97. The van der Waals surface area contributed by atoms with Gasteiger partial charge in [-0.05, 0) is 29.8 Å². The number of anilines is 1. The molecule has 1 aliphatic heterocycles. The van der Waals surface area contributed by atoms with Crippen LogP contribution < -0.4 is 9.64 Å². The van der Waals surface area contributed by atoms with Gasteiger partial charge in [0, 0.05) is 26.3 Å².